The number of ether oxygens (including phenoxy) is 1. The van der Waals surface area contributed by atoms with E-state index in [1.807, 2.05) is 0 Å². The highest BCUT2D eigenvalue weighted by molar-refractivity contribution is 6.30. The molecule has 24 heavy (non-hydrogen) atoms. The molecule has 2 rings (SSSR count). The summed E-state index contributed by atoms with van der Waals surface area (Å²) in [5.41, 5.74) is 4.61. The molecule has 0 aliphatic heterocycles. The van der Waals surface area contributed by atoms with Gasteiger partial charge in [0.15, 0.2) is 6.61 Å². The van der Waals surface area contributed by atoms with E-state index in [9.17, 15) is 19.7 Å². The molecule has 2 amide bonds. The number of halogens is 1. The summed E-state index contributed by atoms with van der Waals surface area (Å²) in [6, 6.07) is 11.5. The average molecular weight is 350 g/mol. The van der Waals surface area contributed by atoms with Crippen molar-refractivity contribution in [3.05, 3.63) is 69.2 Å². The molecule has 9 heteroatoms. The molecule has 0 aliphatic rings. The van der Waals surface area contributed by atoms with E-state index in [1.165, 1.54) is 30.3 Å². The third-order valence-corrected chi connectivity index (χ3v) is 3.05. The first kappa shape index (κ1) is 17.2. The predicted molar refractivity (Wildman–Crippen MR) is 85.7 cm³/mol. The molecule has 0 aromatic heterocycles. The molecule has 124 valence electrons. The predicted octanol–water partition coefficient (Wildman–Crippen LogP) is 2.09. The largest absolute Gasteiger partial charge is 0.484 e. The lowest BCUT2D eigenvalue weighted by molar-refractivity contribution is -0.384. The van der Waals surface area contributed by atoms with Gasteiger partial charge in [-0.05, 0) is 30.3 Å². The zero-order valence-corrected chi connectivity index (χ0v) is 12.9. The summed E-state index contributed by atoms with van der Waals surface area (Å²) in [6.45, 7) is -0.367. The first-order valence-electron chi connectivity index (χ1n) is 6.68. The Balaban J connectivity index is 1.79. The molecule has 8 nitrogen and oxygen atoms in total. The number of nitrogens with zero attached hydrogens (tertiary/aromatic N) is 1. The van der Waals surface area contributed by atoms with Crippen LogP contribution < -0.4 is 15.6 Å². The number of rotatable bonds is 5. The van der Waals surface area contributed by atoms with Crippen molar-refractivity contribution in [1.82, 2.24) is 10.9 Å². The highest BCUT2D eigenvalue weighted by Gasteiger charge is 2.09. The van der Waals surface area contributed by atoms with E-state index in [4.69, 9.17) is 16.3 Å². The Bertz CT molecular complexity index is 764. The fourth-order valence-electron chi connectivity index (χ4n) is 1.68. The molecule has 0 aliphatic carbocycles. The third kappa shape index (κ3) is 4.96. The maximum atomic E-state index is 11.8. The topological polar surface area (TPSA) is 111 Å². The van der Waals surface area contributed by atoms with Gasteiger partial charge < -0.3 is 4.74 Å². The highest BCUT2D eigenvalue weighted by Crippen LogP contribution is 2.17. The van der Waals surface area contributed by atoms with Crippen molar-refractivity contribution in [2.45, 2.75) is 0 Å². The van der Waals surface area contributed by atoms with Crippen molar-refractivity contribution in [2.24, 2.45) is 0 Å². The van der Waals surface area contributed by atoms with Crippen LogP contribution in [-0.2, 0) is 4.79 Å². The molecule has 0 heterocycles. The molecule has 0 atom stereocenters. The lowest BCUT2D eigenvalue weighted by Gasteiger charge is -2.09. The summed E-state index contributed by atoms with van der Waals surface area (Å²) in [4.78, 5) is 33.4. The Morgan fingerprint density at radius 2 is 1.83 bits per heavy atom. The van der Waals surface area contributed by atoms with Gasteiger partial charge in [-0.2, -0.15) is 0 Å². The van der Waals surface area contributed by atoms with Crippen molar-refractivity contribution < 1.29 is 19.2 Å². The van der Waals surface area contributed by atoms with Crippen LogP contribution in [0, 0.1) is 10.1 Å². The number of non-ortho nitro benzene ring substituents is 1. The zero-order chi connectivity index (χ0) is 17.5. The summed E-state index contributed by atoms with van der Waals surface area (Å²) in [6.07, 6.45) is 0. The molecule has 0 spiro atoms. The van der Waals surface area contributed by atoms with Gasteiger partial charge in [0, 0.05) is 22.7 Å². The quantitative estimate of drug-likeness (QED) is 0.634. The zero-order valence-electron chi connectivity index (χ0n) is 12.2. The SMILES string of the molecule is O=C(COc1ccc([N+](=O)[O-])cc1)NNC(=O)c1cccc(Cl)c1. The van der Waals surface area contributed by atoms with Gasteiger partial charge in [-0.15, -0.1) is 0 Å². The first-order chi connectivity index (χ1) is 11.5. The number of nitro benzene ring substituents is 1. The molecule has 0 fully saturated rings. The van der Waals surface area contributed by atoms with E-state index in [1.54, 1.807) is 18.2 Å². The lowest BCUT2D eigenvalue weighted by atomic mass is 10.2. The van der Waals surface area contributed by atoms with Crippen LogP contribution in [0.15, 0.2) is 48.5 Å². The minimum absolute atomic E-state index is 0.0828. The van der Waals surface area contributed by atoms with Crippen LogP contribution in [0.2, 0.25) is 5.02 Å². The van der Waals surface area contributed by atoms with Crippen LogP contribution in [0.25, 0.3) is 0 Å². The van der Waals surface area contributed by atoms with E-state index < -0.39 is 16.7 Å². The Hall–Kier alpha value is -3.13. The fraction of sp³-hybridized carbons (Fsp3) is 0.0667. The number of nitro groups is 1. The van der Waals surface area contributed by atoms with Crippen LogP contribution in [0.5, 0.6) is 5.75 Å². The van der Waals surface area contributed by atoms with E-state index in [-0.39, 0.29) is 18.0 Å². The number of hydrogen-bond donors (Lipinski definition) is 2. The van der Waals surface area contributed by atoms with Crippen LogP contribution in [-0.4, -0.2) is 23.3 Å². The minimum atomic E-state index is -0.594. The van der Waals surface area contributed by atoms with Crippen molar-refractivity contribution >= 4 is 29.1 Å². The number of carbonyl (C=O) groups is 2. The number of carbonyl (C=O) groups excluding carboxylic acids is 2. The van der Waals surface area contributed by atoms with Crippen LogP contribution in [0.1, 0.15) is 10.4 Å². The van der Waals surface area contributed by atoms with Crippen LogP contribution in [0.4, 0.5) is 5.69 Å². The maximum absolute atomic E-state index is 11.8. The third-order valence-electron chi connectivity index (χ3n) is 2.82. The molecule has 0 saturated carbocycles. The number of amides is 2. The second-order valence-electron chi connectivity index (χ2n) is 4.55. The van der Waals surface area contributed by atoms with Gasteiger partial charge in [-0.3, -0.25) is 30.6 Å². The molecule has 2 aromatic carbocycles. The van der Waals surface area contributed by atoms with Gasteiger partial charge in [-0.1, -0.05) is 17.7 Å². The van der Waals surface area contributed by atoms with Gasteiger partial charge in [0.2, 0.25) is 0 Å². The summed E-state index contributed by atoms with van der Waals surface area (Å²) < 4.78 is 5.15. The second-order valence-corrected chi connectivity index (χ2v) is 4.99. The molecule has 0 bridgehead atoms. The number of hydrogen-bond acceptors (Lipinski definition) is 5. The minimum Gasteiger partial charge on any atom is -0.484 e. The molecular weight excluding hydrogens is 338 g/mol. The molecule has 2 N–H and O–H groups in total. The molecule has 0 radical (unpaired) electrons. The van der Waals surface area contributed by atoms with Crippen molar-refractivity contribution in [3.63, 3.8) is 0 Å². The van der Waals surface area contributed by atoms with Gasteiger partial charge in [0.05, 0.1) is 4.92 Å². The number of nitrogens with one attached hydrogen (secondary N) is 2. The standard InChI is InChI=1S/C15H12ClN3O5/c16-11-3-1-2-10(8-11)15(21)18-17-14(20)9-24-13-6-4-12(5-7-13)19(22)23/h1-8H,9H2,(H,17,20)(H,18,21). The fourth-order valence-corrected chi connectivity index (χ4v) is 1.87. The van der Waals surface area contributed by atoms with Gasteiger partial charge >= 0.3 is 0 Å². The van der Waals surface area contributed by atoms with E-state index in [2.05, 4.69) is 10.9 Å². The van der Waals surface area contributed by atoms with E-state index in [0.29, 0.717) is 10.6 Å². The van der Waals surface area contributed by atoms with Crippen molar-refractivity contribution in [1.29, 1.82) is 0 Å². The highest BCUT2D eigenvalue weighted by atomic mass is 35.5. The smallest absolute Gasteiger partial charge is 0.276 e. The molecular formula is C15H12ClN3O5. The lowest BCUT2D eigenvalue weighted by Crippen LogP contribution is -2.43. The molecule has 2 aromatic rings. The van der Waals surface area contributed by atoms with E-state index >= 15 is 0 Å². The van der Waals surface area contributed by atoms with Gasteiger partial charge in [-0.25, -0.2) is 0 Å². The van der Waals surface area contributed by atoms with Crippen molar-refractivity contribution in [3.8, 4) is 5.75 Å². The van der Waals surface area contributed by atoms with Crippen LogP contribution >= 0.6 is 11.6 Å². The summed E-state index contributed by atoms with van der Waals surface area (Å²) in [5.74, 6) is -0.832. The van der Waals surface area contributed by atoms with Crippen molar-refractivity contribution in [2.75, 3.05) is 6.61 Å². The first-order valence-corrected chi connectivity index (χ1v) is 7.05. The normalized spacial score (nSPS) is 9.88. The Morgan fingerprint density at radius 3 is 2.46 bits per heavy atom. The number of benzene rings is 2. The Labute approximate surface area is 141 Å². The van der Waals surface area contributed by atoms with E-state index in [0.717, 1.165) is 0 Å². The summed E-state index contributed by atoms with van der Waals surface area (Å²) >= 11 is 5.77. The van der Waals surface area contributed by atoms with Crippen LogP contribution in [0.3, 0.4) is 0 Å². The molecule has 0 saturated heterocycles. The Morgan fingerprint density at radius 1 is 1.12 bits per heavy atom. The molecule has 0 unspecified atom stereocenters. The maximum Gasteiger partial charge on any atom is 0.276 e. The second kappa shape index (κ2) is 7.93. The van der Waals surface area contributed by atoms with Gasteiger partial charge in [0.25, 0.3) is 17.5 Å². The summed E-state index contributed by atoms with van der Waals surface area (Å²) in [5, 5.41) is 10.9. The Kier molecular flexibility index (Phi) is 5.69. The van der Waals surface area contributed by atoms with Gasteiger partial charge in [0.1, 0.15) is 5.75 Å². The average Bonchev–Trinajstić information content (AvgIpc) is 2.58. The monoisotopic (exact) mass is 349 g/mol. The summed E-state index contributed by atoms with van der Waals surface area (Å²) in [7, 11) is 0. The number of hydrazine groups is 1.